The fourth-order valence-corrected chi connectivity index (χ4v) is 2.75. The van der Waals surface area contributed by atoms with Crippen LogP contribution >= 0.6 is 11.8 Å². The highest BCUT2D eigenvalue weighted by atomic mass is 32.2. The van der Waals surface area contributed by atoms with Gasteiger partial charge in [0.2, 0.25) is 5.89 Å². The second kappa shape index (κ2) is 4.84. The molecule has 1 atom stereocenters. The van der Waals surface area contributed by atoms with Gasteiger partial charge in [0.05, 0.1) is 6.54 Å². The first-order valence-electron chi connectivity index (χ1n) is 5.00. The Balaban J connectivity index is 2.03. The molecule has 7 heteroatoms. The molecule has 0 saturated carbocycles. The zero-order valence-electron chi connectivity index (χ0n) is 8.92. The summed E-state index contributed by atoms with van der Waals surface area (Å²) in [5, 5.41) is 12.8. The summed E-state index contributed by atoms with van der Waals surface area (Å²) in [5.41, 5.74) is 0. The van der Waals surface area contributed by atoms with Crippen molar-refractivity contribution in [3.63, 3.8) is 0 Å². The zero-order chi connectivity index (χ0) is 11.5. The standard InChI is InChI=1S/C9H13N3O3S/c1-6-10-8(11-15-6)4-12-2-3-16-5-7(12)9(13)14/h7H,2-5H2,1H3,(H,13,14). The molecule has 1 fully saturated rings. The van der Waals surface area contributed by atoms with Gasteiger partial charge in [0.1, 0.15) is 6.04 Å². The lowest BCUT2D eigenvalue weighted by atomic mass is 10.2. The van der Waals surface area contributed by atoms with E-state index in [0.717, 1.165) is 12.3 Å². The quantitative estimate of drug-likeness (QED) is 0.822. The van der Waals surface area contributed by atoms with Crippen molar-refractivity contribution in [2.24, 2.45) is 0 Å². The third-order valence-corrected chi connectivity index (χ3v) is 3.46. The van der Waals surface area contributed by atoms with E-state index in [1.807, 2.05) is 4.90 Å². The van der Waals surface area contributed by atoms with Gasteiger partial charge in [-0.3, -0.25) is 9.69 Å². The first-order valence-corrected chi connectivity index (χ1v) is 6.16. The fourth-order valence-electron chi connectivity index (χ4n) is 1.64. The molecule has 88 valence electrons. The number of hydrogen-bond donors (Lipinski definition) is 1. The summed E-state index contributed by atoms with van der Waals surface area (Å²) in [6.07, 6.45) is 0. The molecule has 0 amide bonds. The molecule has 1 unspecified atom stereocenters. The van der Waals surface area contributed by atoms with Gasteiger partial charge in [-0.05, 0) is 0 Å². The van der Waals surface area contributed by atoms with E-state index in [1.54, 1.807) is 18.7 Å². The van der Waals surface area contributed by atoms with Crippen molar-refractivity contribution in [1.29, 1.82) is 0 Å². The first-order chi connectivity index (χ1) is 7.66. The van der Waals surface area contributed by atoms with Gasteiger partial charge in [0.25, 0.3) is 0 Å². The van der Waals surface area contributed by atoms with Gasteiger partial charge >= 0.3 is 5.97 Å². The highest BCUT2D eigenvalue weighted by Crippen LogP contribution is 2.18. The van der Waals surface area contributed by atoms with Crippen LogP contribution in [-0.4, -0.2) is 50.2 Å². The Kier molecular flexibility index (Phi) is 3.45. The first kappa shape index (κ1) is 11.4. The smallest absolute Gasteiger partial charge is 0.321 e. The maximum absolute atomic E-state index is 11.0. The molecule has 0 bridgehead atoms. The van der Waals surface area contributed by atoms with Crippen LogP contribution in [0.3, 0.4) is 0 Å². The molecular formula is C9H13N3O3S. The van der Waals surface area contributed by atoms with Crippen molar-refractivity contribution in [2.45, 2.75) is 19.5 Å². The topological polar surface area (TPSA) is 79.5 Å². The average molecular weight is 243 g/mol. The monoisotopic (exact) mass is 243 g/mol. The van der Waals surface area contributed by atoms with Crippen LogP contribution in [0.5, 0.6) is 0 Å². The number of carboxylic acids is 1. The van der Waals surface area contributed by atoms with Gasteiger partial charge in [-0.15, -0.1) is 0 Å². The number of nitrogens with zero attached hydrogens (tertiary/aromatic N) is 3. The van der Waals surface area contributed by atoms with Crippen LogP contribution in [0.2, 0.25) is 0 Å². The molecule has 2 heterocycles. The third-order valence-electron chi connectivity index (χ3n) is 2.44. The summed E-state index contributed by atoms with van der Waals surface area (Å²) in [6.45, 7) is 2.90. The van der Waals surface area contributed by atoms with E-state index in [9.17, 15) is 4.79 Å². The van der Waals surface area contributed by atoms with Crippen LogP contribution in [0.25, 0.3) is 0 Å². The van der Waals surface area contributed by atoms with E-state index >= 15 is 0 Å². The maximum Gasteiger partial charge on any atom is 0.321 e. The number of thioether (sulfide) groups is 1. The molecule has 1 N–H and O–H groups in total. The lowest BCUT2D eigenvalue weighted by Gasteiger charge is -2.31. The predicted octanol–water partition coefficient (Wildman–Crippen LogP) is 0.380. The summed E-state index contributed by atoms with van der Waals surface area (Å²) >= 11 is 1.66. The highest BCUT2D eigenvalue weighted by Gasteiger charge is 2.29. The van der Waals surface area contributed by atoms with Crippen LogP contribution < -0.4 is 0 Å². The third kappa shape index (κ3) is 2.53. The Hall–Kier alpha value is -1.08. The van der Waals surface area contributed by atoms with Crippen molar-refractivity contribution in [2.75, 3.05) is 18.1 Å². The number of carboxylic acid groups (broad SMARTS) is 1. The molecule has 0 radical (unpaired) electrons. The number of aromatic nitrogens is 2. The van der Waals surface area contributed by atoms with Crippen molar-refractivity contribution in [3.05, 3.63) is 11.7 Å². The van der Waals surface area contributed by atoms with Crippen LogP contribution in [0.1, 0.15) is 11.7 Å². The van der Waals surface area contributed by atoms with E-state index in [2.05, 4.69) is 10.1 Å². The van der Waals surface area contributed by atoms with Crippen molar-refractivity contribution in [1.82, 2.24) is 15.0 Å². The van der Waals surface area contributed by atoms with Crippen molar-refractivity contribution < 1.29 is 14.4 Å². The predicted molar refractivity (Wildman–Crippen MR) is 58.2 cm³/mol. The van der Waals surface area contributed by atoms with Crippen molar-refractivity contribution >= 4 is 17.7 Å². The maximum atomic E-state index is 11.0. The molecule has 1 aromatic rings. The zero-order valence-corrected chi connectivity index (χ0v) is 9.74. The Morgan fingerprint density at radius 2 is 2.56 bits per heavy atom. The summed E-state index contributed by atoms with van der Waals surface area (Å²) < 4.78 is 4.86. The van der Waals surface area contributed by atoms with Gasteiger partial charge in [-0.1, -0.05) is 5.16 Å². The lowest BCUT2D eigenvalue weighted by Crippen LogP contribution is -2.46. The molecule has 0 spiro atoms. The minimum Gasteiger partial charge on any atom is -0.480 e. The lowest BCUT2D eigenvalue weighted by molar-refractivity contribution is -0.142. The van der Waals surface area contributed by atoms with Crippen LogP contribution in [0.4, 0.5) is 0 Å². The number of hydrogen-bond acceptors (Lipinski definition) is 6. The average Bonchev–Trinajstić information content (AvgIpc) is 2.64. The van der Waals surface area contributed by atoms with Crippen molar-refractivity contribution in [3.8, 4) is 0 Å². The number of aryl methyl sites for hydroxylation is 1. The highest BCUT2D eigenvalue weighted by molar-refractivity contribution is 7.99. The molecular weight excluding hydrogens is 230 g/mol. The van der Waals surface area contributed by atoms with E-state index < -0.39 is 12.0 Å². The van der Waals surface area contributed by atoms with Gasteiger partial charge in [-0.25, -0.2) is 0 Å². The molecule has 16 heavy (non-hydrogen) atoms. The SMILES string of the molecule is Cc1nc(CN2CCSCC2C(=O)O)no1. The molecule has 1 aromatic heterocycles. The van der Waals surface area contributed by atoms with E-state index in [0.29, 0.717) is 24.0 Å². The summed E-state index contributed by atoms with van der Waals surface area (Å²) in [6, 6.07) is -0.447. The molecule has 6 nitrogen and oxygen atoms in total. The molecule has 0 aliphatic carbocycles. The summed E-state index contributed by atoms with van der Waals surface area (Å²) in [4.78, 5) is 17.0. The molecule has 1 aliphatic heterocycles. The molecule has 1 aliphatic rings. The Bertz CT molecular complexity index is 382. The van der Waals surface area contributed by atoms with E-state index in [4.69, 9.17) is 9.63 Å². The van der Waals surface area contributed by atoms with E-state index in [1.165, 1.54) is 0 Å². The minimum absolute atomic E-state index is 0.439. The Morgan fingerprint density at radius 3 is 3.19 bits per heavy atom. The Labute approximate surface area is 97.0 Å². The molecule has 1 saturated heterocycles. The normalized spacial score (nSPS) is 22.2. The Morgan fingerprint density at radius 1 is 1.75 bits per heavy atom. The second-order valence-corrected chi connectivity index (χ2v) is 4.78. The fraction of sp³-hybridized carbons (Fsp3) is 0.667. The number of aliphatic carboxylic acids is 1. The molecule has 0 aromatic carbocycles. The van der Waals surface area contributed by atoms with Gasteiger partial charge in [-0.2, -0.15) is 16.7 Å². The molecule has 2 rings (SSSR count). The van der Waals surface area contributed by atoms with Crippen LogP contribution in [0.15, 0.2) is 4.52 Å². The van der Waals surface area contributed by atoms with Crippen LogP contribution in [-0.2, 0) is 11.3 Å². The number of rotatable bonds is 3. The minimum atomic E-state index is -0.785. The summed E-state index contributed by atoms with van der Waals surface area (Å²) in [5.74, 6) is 1.84. The largest absolute Gasteiger partial charge is 0.480 e. The number of carbonyl (C=O) groups is 1. The van der Waals surface area contributed by atoms with E-state index in [-0.39, 0.29) is 0 Å². The van der Waals surface area contributed by atoms with Gasteiger partial charge in [0, 0.05) is 25.0 Å². The second-order valence-electron chi connectivity index (χ2n) is 3.63. The summed E-state index contributed by atoms with van der Waals surface area (Å²) in [7, 11) is 0. The van der Waals surface area contributed by atoms with Crippen LogP contribution in [0, 0.1) is 6.92 Å². The van der Waals surface area contributed by atoms with Gasteiger partial charge in [0.15, 0.2) is 5.82 Å². The van der Waals surface area contributed by atoms with Gasteiger partial charge < -0.3 is 9.63 Å².